The van der Waals surface area contributed by atoms with Crippen molar-refractivity contribution in [2.45, 2.75) is 0 Å². The first-order valence-corrected chi connectivity index (χ1v) is 6.39. The number of carbonyl (C=O) groups is 1. The molecule has 1 heterocycles. The van der Waals surface area contributed by atoms with E-state index in [-0.39, 0.29) is 5.17 Å². The van der Waals surface area contributed by atoms with Crippen LogP contribution in [-0.4, -0.2) is 26.6 Å². The fourth-order valence-electron chi connectivity index (χ4n) is 1.28. The third kappa shape index (κ3) is 3.59. The standard InChI is InChI=1S/C11H8ClN3O4S/c12-9(15-18)8-5-13-11(20-8)19-7-3-1-6(2-4-7)14-10(16)17/h1-5,14,18H,(H,16,17)/b15-9-. The van der Waals surface area contributed by atoms with Gasteiger partial charge in [-0.2, -0.15) is 0 Å². The van der Waals surface area contributed by atoms with Gasteiger partial charge in [0.1, 0.15) is 5.75 Å². The summed E-state index contributed by atoms with van der Waals surface area (Å²) in [7, 11) is 0. The number of ether oxygens (including phenoxy) is 1. The van der Waals surface area contributed by atoms with E-state index in [1.807, 2.05) is 0 Å². The quantitative estimate of drug-likeness (QED) is 0.456. The molecular formula is C11H8ClN3O4S. The Balaban J connectivity index is 2.06. The Labute approximate surface area is 122 Å². The van der Waals surface area contributed by atoms with Crippen molar-refractivity contribution in [3.05, 3.63) is 35.3 Å². The first kappa shape index (κ1) is 14.1. The number of hydrogen-bond donors (Lipinski definition) is 3. The normalized spacial score (nSPS) is 11.2. The maximum absolute atomic E-state index is 10.4. The fourth-order valence-corrected chi connectivity index (χ4v) is 2.11. The van der Waals surface area contributed by atoms with E-state index >= 15 is 0 Å². The van der Waals surface area contributed by atoms with Crippen molar-refractivity contribution < 1.29 is 19.8 Å². The highest BCUT2D eigenvalue weighted by Crippen LogP contribution is 2.28. The maximum atomic E-state index is 10.4. The molecule has 7 nitrogen and oxygen atoms in total. The van der Waals surface area contributed by atoms with E-state index in [1.54, 1.807) is 24.3 Å². The number of oxime groups is 1. The molecule has 0 fully saturated rings. The number of thiazole rings is 1. The predicted molar refractivity (Wildman–Crippen MR) is 74.5 cm³/mol. The number of nitrogens with one attached hydrogen (secondary N) is 1. The molecule has 104 valence electrons. The molecule has 2 aromatic rings. The fraction of sp³-hybridized carbons (Fsp3) is 0. The van der Waals surface area contributed by atoms with Gasteiger partial charge in [-0.25, -0.2) is 9.78 Å². The highest BCUT2D eigenvalue weighted by atomic mass is 35.5. The first-order valence-electron chi connectivity index (χ1n) is 5.20. The summed E-state index contributed by atoms with van der Waals surface area (Å²) in [6.45, 7) is 0. The average Bonchev–Trinajstić information content (AvgIpc) is 2.88. The Morgan fingerprint density at radius 3 is 2.70 bits per heavy atom. The van der Waals surface area contributed by atoms with E-state index in [2.05, 4.69) is 15.5 Å². The summed E-state index contributed by atoms with van der Waals surface area (Å²) in [4.78, 5) is 14.9. The first-order chi connectivity index (χ1) is 9.58. The summed E-state index contributed by atoms with van der Waals surface area (Å²) in [5.74, 6) is 0.485. The number of anilines is 1. The van der Waals surface area contributed by atoms with Crippen molar-refractivity contribution in [3.63, 3.8) is 0 Å². The molecule has 0 unspecified atom stereocenters. The van der Waals surface area contributed by atoms with E-state index in [0.717, 1.165) is 11.3 Å². The predicted octanol–water partition coefficient (Wildman–Crippen LogP) is 3.40. The molecule has 1 aromatic carbocycles. The van der Waals surface area contributed by atoms with Crippen LogP contribution in [0.4, 0.5) is 10.5 Å². The minimum Gasteiger partial charge on any atom is -0.465 e. The molecule has 2 rings (SSSR count). The van der Waals surface area contributed by atoms with Crippen LogP contribution < -0.4 is 10.1 Å². The van der Waals surface area contributed by atoms with Gasteiger partial charge in [0.2, 0.25) is 0 Å². The summed E-state index contributed by atoms with van der Waals surface area (Å²) in [6, 6.07) is 6.29. The van der Waals surface area contributed by atoms with Crippen molar-refractivity contribution in [2.75, 3.05) is 5.32 Å². The number of nitrogens with zero attached hydrogens (tertiary/aromatic N) is 2. The Bertz CT molecular complexity index is 641. The van der Waals surface area contributed by atoms with Crippen molar-refractivity contribution >= 4 is 39.9 Å². The van der Waals surface area contributed by atoms with Crippen LogP contribution in [0.15, 0.2) is 35.6 Å². The summed E-state index contributed by atoms with van der Waals surface area (Å²) in [6.07, 6.45) is 0.281. The number of benzene rings is 1. The lowest BCUT2D eigenvalue weighted by molar-refractivity contribution is 0.209. The molecule has 0 spiro atoms. The van der Waals surface area contributed by atoms with E-state index < -0.39 is 6.09 Å². The van der Waals surface area contributed by atoms with E-state index in [9.17, 15) is 4.79 Å². The number of amides is 1. The molecule has 0 bridgehead atoms. The Hall–Kier alpha value is -2.32. The summed E-state index contributed by atoms with van der Waals surface area (Å²) in [5.41, 5.74) is 0.431. The molecular weight excluding hydrogens is 306 g/mol. The van der Waals surface area contributed by atoms with E-state index in [0.29, 0.717) is 21.5 Å². The van der Waals surface area contributed by atoms with Crippen LogP contribution in [0.3, 0.4) is 0 Å². The minimum atomic E-state index is -1.14. The van der Waals surface area contributed by atoms with Gasteiger partial charge in [0.15, 0.2) is 5.17 Å². The zero-order chi connectivity index (χ0) is 14.5. The molecule has 0 aliphatic rings. The number of rotatable bonds is 4. The van der Waals surface area contributed by atoms with Crippen molar-refractivity contribution in [1.29, 1.82) is 0 Å². The minimum absolute atomic E-state index is 0.0710. The zero-order valence-corrected chi connectivity index (χ0v) is 11.4. The van der Waals surface area contributed by atoms with Gasteiger partial charge in [-0.3, -0.25) is 5.32 Å². The van der Waals surface area contributed by atoms with Gasteiger partial charge in [-0.05, 0) is 24.3 Å². The van der Waals surface area contributed by atoms with Crippen LogP contribution in [0.2, 0.25) is 0 Å². The molecule has 3 N–H and O–H groups in total. The highest BCUT2D eigenvalue weighted by Gasteiger charge is 2.09. The van der Waals surface area contributed by atoms with Crippen LogP contribution in [-0.2, 0) is 0 Å². The lowest BCUT2D eigenvalue weighted by Gasteiger charge is -2.03. The van der Waals surface area contributed by atoms with Gasteiger partial charge < -0.3 is 15.1 Å². The van der Waals surface area contributed by atoms with Gasteiger partial charge >= 0.3 is 6.09 Å². The molecule has 0 aliphatic heterocycles. The second-order valence-electron chi connectivity index (χ2n) is 3.44. The lowest BCUT2D eigenvalue weighted by Crippen LogP contribution is -2.06. The summed E-state index contributed by atoms with van der Waals surface area (Å²) < 4.78 is 5.45. The zero-order valence-electron chi connectivity index (χ0n) is 9.78. The van der Waals surface area contributed by atoms with Crippen LogP contribution in [0.5, 0.6) is 10.9 Å². The number of aromatic nitrogens is 1. The van der Waals surface area contributed by atoms with Crippen molar-refractivity contribution in [1.82, 2.24) is 4.98 Å². The lowest BCUT2D eigenvalue weighted by atomic mass is 10.3. The molecule has 9 heteroatoms. The van der Waals surface area contributed by atoms with Crippen molar-refractivity contribution in [2.24, 2.45) is 5.16 Å². The van der Waals surface area contributed by atoms with E-state index in [1.165, 1.54) is 6.20 Å². The topological polar surface area (TPSA) is 104 Å². The average molecular weight is 314 g/mol. The number of carboxylic acid groups (broad SMARTS) is 1. The molecule has 0 atom stereocenters. The molecule has 1 aromatic heterocycles. The number of hydrogen-bond acceptors (Lipinski definition) is 6. The largest absolute Gasteiger partial charge is 0.465 e. The van der Waals surface area contributed by atoms with E-state index in [4.69, 9.17) is 26.7 Å². The van der Waals surface area contributed by atoms with Crippen molar-refractivity contribution in [3.8, 4) is 10.9 Å². The summed E-state index contributed by atoms with van der Waals surface area (Å²) in [5, 5.41) is 22.4. The smallest absolute Gasteiger partial charge is 0.409 e. The highest BCUT2D eigenvalue weighted by molar-refractivity contribution is 7.17. The second kappa shape index (κ2) is 6.22. The maximum Gasteiger partial charge on any atom is 0.409 e. The Morgan fingerprint density at radius 2 is 2.10 bits per heavy atom. The van der Waals surface area contributed by atoms with Crippen LogP contribution in [0.1, 0.15) is 4.88 Å². The molecule has 0 aliphatic carbocycles. The second-order valence-corrected chi connectivity index (χ2v) is 4.79. The SMILES string of the molecule is O=C(O)Nc1ccc(Oc2ncc(/C(Cl)=N/O)s2)cc1. The third-order valence-corrected chi connectivity index (χ3v) is 3.36. The van der Waals surface area contributed by atoms with Gasteiger partial charge in [0.05, 0.1) is 11.1 Å². The Morgan fingerprint density at radius 1 is 1.40 bits per heavy atom. The molecule has 0 saturated carbocycles. The summed E-state index contributed by atoms with van der Waals surface area (Å²) >= 11 is 6.74. The van der Waals surface area contributed by atoms with Crippen LogP contribution >= 0.6 is 22.9 Å². The van der Waals surface area contributed by atoms with Gasteiger partial charge in [0, 0.05) is 5.69 Å². The van der Waals surface area contributed by atoms with Gasteiger partial charge in [-0.15, -0.1) is 0 Å². The van der Waals surface area contributed by atoms with Crippen LogP contribution in [0.25, 0.3) is 0 Å². The molecule has 0 radical (unpaired) electrons. The van der Waals surface area contributed by atoms with Gasteiger partial charge in [-0.1, -0.05) is 28.1 Å². The monoisotopic (exact) mass is 313 g/mol. The molecule has 0 saturated heterocycles. The third-order valence-electron chi connectivity index (χ3n) is 2.09. The number of halogens is 1. The van der Waals surface area contributed by atoms with Crippen LogP contribution in [0, 0.1) is 0 Å². The molecule has 20 heavy (non-hydrogen) atoms. The molecule has 1 amide bonds. The Kier molecular flexibility index (Phi) is 4.38. The van der Waals surface area contributed by atoms with Gasteiger partial charge in [0.25, 0.3) is 5.19 Å².